The Morgan fingerprint density at radius 1 is 1.08 bits per heavy atom. The number of unbranched alkanes of at least 4 members (excludes halogenated alkanes) is 2. The highest BCUT2D eigenvalue weighted by Crippen LogP contribution is 2.37. The van der Waals surface area contributed by atoms with Crippen LogP contribution in [0.15, 0.2) is 18.2 Å². The van der Waals surface area contributed by atoms with Crippen LogP contribution in [0.2, 0.25) is 0 Å². The van der Waals surface area contributed by atoms with Crippen LogP contribution >= 0.6 is 0 Å². The minimum absolute atomic E-state index is 0.0335. The molecule has 3 rings (SSSR count). The molecule has 6 heteroatoms. The predicted molar refractivity (Wildman–Crippen MR) is 90.2 cm³/mol. The zero-order valence-corrected chi connectivity index (χ0v) is 14.6. The summed E-state index contributed by atoms with van der Waals surface area (Å²) in [5, 5.41) is 0.233. The highest BCUT2D eigenvalue weighted by Gasteiger charge is 2.34. The SMILES string of the molecule is CCCCCC1CCc2cc3c(F)c(OC(F)(F)F)c(F)cc3cc2C1. The van der Waals surface area contributed by atoms with Crippen LogP contribution in [0.3, 0.4) is 0 Å². The lowest BCUT2D eigenvalue weighted by Crippen LogP contribution is -2.19. The van der Waals surface area contributed by atoms with Gasteiger partial charge in [0.1, 0.15) is 0 Å². The zero-order valence-electron chi connectivity index (χ0n) is 14.6. The first-order valence-electron chi connectivity index (χ1n) is 8.97. The van der Waals surface area contributed by atoms with E-state index < -0.39 is 23.7 Å². The largest absolute Gasteiger partial charge is 0.573 e. The van der Waals surface area contributed by atoms with Gasteiger partial charge in [-0.2, -0.15) is 0 Å². The summed E-state index contributed by atoms with van der Waals surface area (Å²) in [6, 6.07) is 4.17. The van der Waals surface area contributed by atoms with Crippen LogP contribution in [0.25, 0.3) is 10.8 Å². The Hall–Kier alpha value is -1.85. The number of aryl methyl sites for hydroxylation is 1. The summed E-state index contributed by atoms with van der Waals surface area (Å²) < 4.78 is 69.1. The van der Waals surface area contributed by atoms with E-state index in [4.69, 9.17) is 0 Å². The van der Waals surface area contributed by atoms with E-state index in [1.54, 1.807) is 12.1 Å². The van der Waals surface area contributed by atoms with E-state index in [0.717, 1.165) is 49.3 Å². The smallest absolute Gasteiger partial charge is 0.399 e. The second-order valence-electron chi connectivity index (χ2n) is 7.00. The lowest BCUT2D eigenvalue weighted by atomic mass is 9.80. The second-order valence-corrected chi connectivity index (χ2v) is 7.00. The van der Waals surface area contributed by atoms with Gasteiger partial charge >= 0.3 is 6.36 Å². The van der Waals surface area contributed by atoms with Crippen molar-refractivity contribution < 1.29 is 26.7 Å². The highest BCUT2D eigenvalue weighted by molar-refractivity contribution is 5.86. The molecule has 0 saturated heterocycles. The topological polar surface area (TPSA) is 9.23 Å². The van der Waals surface area contributed by atoms with Gasteiger partial charge < -0.3 is 4.74 Å². The van der Waals surface area contributed by atoms with Gasteiger partial charge in [0.2, 0.25) is 5.75 Å². The molecule has 0 amide bonds. The van der Waals surface area contributed by atoms with Gasteiger partial charge in [-0.1, -0.05) is 38.7 Å². The Morgan fingerprint density at radius 3 is 2.54 bits per heavy atom. The molecule has 142 valence electrons. The normalized spacial score (nSPS) is 17.4. The fraction of sp³-hybridized carbons (Fsp3) is 0.500. The number of hydrogen-bond acceptors (Lipinski definition) is 1. The van der Waals surface area contributed by atoms with Crippen LogP contribution in [-0.2, 0) is 12.8 Å². The molecule has 1 atom stereocenters. The third kappa shape index (κ3) is 4.10. The van der Waals surface area contributed by atoms with Crippen molar-refractivity contribution in [2.75, 3.05) is 0 Å². The summed E-state index contributed by atoms with van der Waals surface area (Å²) >= 11 is 0. The molecule has 1 nitrogen and oxygen atoms in total. The van der Waals surface area contributed by atoms with Gasteiger partial charge in [-0.15, -0.1) is 13.2 Å². The van der Waals surface area contributed by atoms with Crippen molar-refractivity contribution in [2.45, 2.75) is 58.2 Å². The fourth-order valence-corrected chi connectivity index (χ4v) is 3.78. The molecule has 0 radical (unpaired) electrons. The van der Waals surface area contributed by atoms with Gasteiger partial charge in [-0.05, 0) is 53.8 Å². The van der Waals surface area contributed by atoms with Gasteiger partial charge in [0.15, 0.2) is 11.6 Å². The number of benzene rings is 2. The van der Waals surface area contributed by atoms with E-state index >= 15 is 0 Å². The number of halogens is 5. The van der Waals surface area contributed by atoms with Crippen molar-refractivity contribution in [3.05, 3.63) is 41.0 Å². The first-order valence-corrected chi connectivity index (χ1v) is 8.97. The summed E-state index contributed by atoms with van der Waals surface area (Å²) in [7, 11) is 0. The van der Waals surface area contributed by atoms with Crippen LogP contribution in [-0.4, -0.2) is 6.36 Å². The molecule has 26 heavy (non-hydrogen) atoms. The maximum atomic E-state index is 14.4. The van der Waals surface area contributed by atoms with Crippen LogP contribution < -0.4 is 4.74 Å². The quantitative estimate of drug-likeness (QED) is 0.419. The number of rotatable bonds is 5. The molecule has 2 aromatic carbocycles. The molecular weight excluding hydrogens is 351 g/mol. The lowest BCUT2D eigenvalue weighted by molar-refractivity contribution is -0.276. The summed E-state index contributed by atoms with van der Waals surface area (Å²) in [6.07, 6.45) is 2.10. The maximum absolute atomic E-state index is 14.4. The molecular formula is C20H21F5O. The monoisotopic (exact) mass is 372 g/mol. The Kier molecular flexibility index (Phi) is 5.39. The Labute approximate surface area is 149 Å². The third-order valence-corrected chi connectivity index (χ3v) is 5.07. The molecule has 0 spiro atoms. The van der Waals surface area contributed by atoms with Gasteiger partial charge in [0, 0.05) is 5.39 Å². The third-order valence-electron chi connectivity index (χ3n) is 5.07. The van der Waals surface area contributed by atoms with E-state index in [1.807, 2.05) is 0 Å². The average molecular weight is 372 g/mol. The van der Waals surface area contributed by atoms with E-state index in [-0.39, 0.29) is 10.8 Å². The predicted octanol–water partition coefficient (Wildman–Crippen LogP) is 6.70. The number of alkyl halides is 3. The lowest BCUT2D eigenvalue weighted by Gasteiger charge is -2.25. The molecule has 0 bridgehead atoms. The maximum Gasteiger partial charge on any atom is 0.573 e. The number of hydrogen-bond donors (Lipinski definition) is 0. The van der Waals surface area contributed by atoms with Crippen molar-refractivity contribution in [1.82, 2.24) is 0 Å². The van der Waals surface area contributed by atoms with Crippen LogP contribution in [0.1, 0.15) is 50.2 Å². The molecule has 1 aliphatic carbocycles. The molecule has 0 heterocycles. The van der Waals surface area contributed by atoms with Gasteiger partial charge in [0.25, 0.3) is 0 Å². The van der Waals surface area contributed by atoms with Crippen molar-refractivity contribution in [1.29, 1.82) is 0 Å². The first-order chi connectivity index (χ1) is 12.3. The molecule has 0 saturated carbocycles. The van der Waals surface area contributed by atoms with E-state index in [2.05, 4.69) is 11.7 Å². The number of ether oxygens (including phenoxy) is 1. The van der Waals surface area contributed by atoms with E-state index in [1.165, 1.54) is 12.8 Å². The van der Waals surface area contributed by atoms with Crippen molar-refractivity contribution in [2.24, 2.45) is 5.92 Å². The van der Waals surface area contributed by atoms with Crippen LogP contribution in [0, 0.1) is 17.6 Å². The molecule has 1 aliphatic rings. The molecule has 2 aromatic rings. The zero-order chi connectivity index (χ0) is 18.9. The Balaban J connectivity index is 1.92. The molecule has 0 fully saturated rings. The summed E-state index contributed by atoms with van der Waals surface area (Å²) in [5.41, 5.74) is 1.96. The number of fused-ring (bicyclic) bond motifs is 2. The summed E-state index contributed by atoms with van der Waals surface area (Å²) in [6.45, 7) is 2.15. The molecule has 1 unspecified atom stereocenters. The van der Waals surface area contributed by atoms with Gasteiger partial charge in [-0.25, -0.2) is 8.78 Å². The van der Waals surface area contributed by atoms with Crippen molar-refractivity contribution >= 4 is 10.8 Å². The van der Waals surface area contributed by atoms with E-state index in [9.17, 15) is 22.0 Å². The van der Waals surface area contributed by atoms with Gasteiger partial charge in [-0.3, -0.25) is 0 Å². The second kappa shape index (κ2) is 7.41. The van der Waals surface area contributed by atoms with Gasteiger partial charge in [0.05, 0.1) is 0 Å². The molecule has 0 N–H and O–H groups in total. The average Bonchev–Trinajstić information content (AvgIpc) is 2.57. The van der Waals surface area contributed by atoms with Crippen molar-refractivity contribution in [3.8, 4) is 5.75 Å². The minimum atomic E-state index is -5.14. The summed E-state index contributed by atoms with van der Waals surface area (Å²) in [4.78, 5) is 0. The minimum Gasteiger partial charge on any atom is -0.399 e. The molecule has 0 aliphatic heterocycles. The fourth-order valence-electron chi connectivity index (χ4n) is 3.78. The van der Waals surface area contributed by atoms with E-state index in [0.29, 0.717) is 5.92 Å². The summed E-state index contributed by atoms with van der Waals surface area (Å²) in [5.74, 6) is -3.49. The van der Waals surface area contributed by atoms with Crippen LogP contribution in [0.4, 0.5) is 22.0 Å². The Morgan fingerprint density at radius 2 is 1.85 bits per heavy atom. The molecule has 0 aromatic heterocycles. The highest BCUT2D eigenvalue weighted by atomic mass is 19.4. The van der Waals surface area contributed by atoms with Crippen LogP contribution in [0.5, 0.6) is 5.75 Å². The first kappa shape index (κ1) is 18.9. The standard InChI is InChI=1S/C20H21F5O/c1-2-3-4-5-12-6-7-13-10-16-15(9-14(13)8-12)11-17(21)19(18(16)22)26-20(23,24)25/h9-12H,2-8H2,1H3. The Bertz CT molecular complexity index is 797. The van der Waals surface area contributed by atoms with Crippen molar-refractivity contribution in [3.63, 3.8) is 0 Å².